The van der Waals surface area contributed by atoms with Crippen molar-refractivity contribution in [2.24, 2.45) is 0 Å². The van der Waals surface area contributed by atoms with E-state index in [4.69, 9.17) is 0 Å². The van der Waals surface area contributed by atoms with Crippen LogP contribution in [0.4, 0.5) is 5.69 Å². The summed E-state index contributed by atoms with van der Waals surface area (Å²) in [6.45, 7) is 2.03. The second kappa shape index (κ2) is 6.31. The molecule has 5 nitrogen and oxygen atoms in total. The number of hydrogen-bond donors (Lipinski definition) is 0. The molecule has 5 heteroatoms. The Bertz CT molecular complexity index is 802. The normalized spacial score (nSPS) is 18.8. The molecule has 0 bridgehead atoms. The Kier molecular flexibility index (Phi) is 3.99. The zero-order valence-electron chi connectivity index (χ0n) is 14.3. The summed E-state index contributed by atoms with van der Waals surface area (Å²) >= 11 is 0. The van der Waals surface area contributed by atoms with Crippen LogP contribution in [0.3, 0.4) is 0 Å². The van der Waals surface area contributed by atoms with Gasteiger partial charge in [0.15, 0.2) is 0 Å². The Hall–Kier alpha value is -2.69. The van der Waals surface area contributed by atoms with Gasteiger partial charge in [-0.2, -0.15) is 0 Å². The van der Waals surface area contributed by atoms with Crippen LogP contribution >= 0.6 is 0 Å². The van der Waals surface area contributed by atoms with Gasteiger partial charge in [-0.05, 0) is 36.6 Å². The van der Waals surface area contributed by atoms with E-state index >= 15 is 0 Å². The number of fused-ring (bicyclic) bond motifs is 1. The summed E-state index contributed by atoms with van der Waals surface area (Å²) in [6.07, 6.45) is 4.38. The van der Waals surface area contributed by atoms with Gasteiger partial charge in [-0.25, -0.2) is 0 Å². The van der Waals surface area contributed by atoms with Crippen molar-refractivity contribution in [2.45, 2.75) is 44.8 Å². The molecule has 0 spiro atoms. The van der Waals surface area contributed by atoms with Crippen molar-refractivity contribution in [1.29, 1.82) is 0 Å². The summed E-state index contributed by atoms with van der Waals surface area (Å²) in [7, 11) is 0. The Labute approximate surface area is 147 Å². The van der Waals surface area contributed by atoms with Crippen molar-refractivity contribution < 1.29 is 9.59 Å². The second-order valence-corrected chi connectivity index (χ2v) is 6.76. The third kappa shape index (κ3) is 3.02. The molecule has 0 unspecified atom stereocenters. The number of amides is 2. The molecule has 2 heterocycles. The van der Waals surface area contributed by atoms with Gasteiger partial charge in [-0.15, -0.1) is 0 Å². The molecule has 2 aliphatic rings. The molecule has 1 fully saturated rings. The van der Waals surface area contributed by atoms with Crippen LogP contribution in [0.2, 0.25) is 0 Å². The number of carbonyl (C=O) groups excluding carboxylic acids is 2. The molecule has 1 aliphatic carbocycles. The van der Waals surface area contributed by atoms with E-state index in [2.05, 4.69) is 4.98 Å². The highest BCUT2D eigenvalue weighted by molar-refractivity contribution is 6.02. The highest BCUT2D eigenvalue weighted by atomic mass is 16.2. The summed E-state index contributed by atoms with van der Waals surface area (Å²) in [6, 6.07) is 13.4. The average Bonchev–Trinajstić information content (AvgIpc) is 3.38. The van der Waals surface area contributed by atoms with Crippen LogP contribution in [-0.2, 0) is 22.6 Å². The van der Waals surface area contributed by atoms with Crippen LogP contribution in [0.25, 0.3) is 0 Å². The zero-order chi connectivity index (χ0) is 17.4. The van der Waals surface area contributed by atoms with Gasteiger partial charge < -0.3 is 4.90 Å². The summed E-state index contributed by atoms with van der Waals surface area (Å²) < 4.78 is 0. The standard InChI is InChI=1S/C20H21N3O2/c1-14(24)23-18-8-3-2-6-15(18)12-19(23)20(25)22(17-9-10-17)13-16-7-4-5-11-21-16/h2-8,11,17,19H,9-10,12-13H2,1H3/t19-/m0/s1. The zero-order valence-corrected chi connectivity index (χ0v) is 14.3. The molecule has 1 saturated carbocycles. The van der Waals surface area contributed by atoms with Gasteiger partial charge in [0.2, 0.25) is 11.8 Å². The quantitative estimate of drug-likeness (QED) is 0.863. The number of hydrogen-bond acceptors (Lipinski definition) is 3. The molecule has 0 N–H and O–H groups in total. The lowest BCUT2D eigenvalue weighted by Gasteiger charge is -2.30. The van der Waals surface area contributed by atoms with Gasteiger partial charge in [0, 0.05) is 31.3 Å². The first-order valence-corrected chi connectivity index (χ1v) is 8.73. The van der Waals surface area contributed by atoms with E-state index in [1.165, 1.54) is 6.92 Å². The second-order valence-electron chi connectivity index (χ2n) is 6.76. The molecule has 1 aromatic carbocycles. The average molecular weight is 335 g/mol. The highest BCUT2D eigenvalue weighted by Crippen LogP contribution is 2.35. The number of anilines is 1. The molecule has 2 aromatic rings. The molecule has 128 valence electrons. The predicted octanol–water partition coefficient (Wildman–Crippen LogP) is 2.55. The highest BCUT2D eigenvalue weighted by Gasteiger charge is 2.42. The van der Waals surface area contributed by atoms with Gasteiger partial charge in [0.25, 0.3) is 0 Å². The lowest BCUT2D eigenvalue weighted by Crippen LogP contribution is -2.49. The molecule has 1 aromatic heterocycles. The molecule has 2 amide bonds. The molecular weight excluding hydrogens is 314 g/mol. The molecule has 1 atom stereocenters. The molecular formula is C20H21N3O2. The van der Waals surface area contributed by atoms with Gasteiger partial charge >= 0.3 is 0 Å². The van der Waals surface area contributed by atoms with E-state index < -0.39 is 6.04 Å². The van der Waals surface area contributed by atoms with Crippen molar-refractivity contribution in [2.75, 3.05) is 4.90 Å². The minimum Gasteiger partial charge on any atom is -0.332 e. The van der Waals surface area contributed by atoms with Crippen molar-refractivity contribution in [1.82, 2.24) is 9.88 Å². The first-order chi connectivity index (χ1) is 12.1. The summed E-state index contributed by atoms with van der Waals surface area (Å²) in [5, 5.41) is 0. The fraction of sp³-hybridized carbons (Fsp3) is 0.350. The van der Waals surface area contributed by atoms with E-state index in [0.29, 0.717) is 13.0 Å². The number of benzene rings is 1. The first-order valence-electron chi connectivity index (χ1n) is 8.73. The Morgan fingerprint density at radius 2 is 1.92 bits per heavy atom. The van der Waals surface area contributed by atoms with E-state index in [-0.39, 0.29) is 17.9 Å². The van der Waals surface area contributed by atoms with Crippen molar-refractivity contribution in [3.8, 4) is 0 Å². The smallest absolute Gasteiger partial charge is 0.246 e. The largest absolute Gasteiger partial charge is 0.332 e. The van der Waals surface area contributed by atoms with Crippen molar-refractivity contribution in [3.05, 3.63) is 59.9 Å². The van der Waals surface area contributed by atoms with Crippen molar-refractivity contribution >= 4 is 17.5 Å². The van der Waals surface area contributed by atoms with Crippen LogP contribution < -0.4 is 4.90 Å². The fourth-order valence-electron chi connectivity index (χ4n) is 3.60. The first kappa shape index (κ1) is 15.8. The van der Waals surface area contributed by atoms with E-state index in [1.807, 2.05) is 47.4 Å². The number of aromatic nitrogens is 1. The Morgan fingerprint density at radius 1 is 1.16 bits per heavy atom. The summed E-state index contributed by atoms with van der Waals surface area (Å²) in [5.41, 5.74) is 2.80. The maximum Gasteiger partial charge on any atom is 0.246 e. The van der Waals surface area contributed by atoms with Gasteiger partial charge in [0.1, 0.15) is 6.04 Å². The van der Waals surface area contributed by atoms with Gasteiger partial charge in [-0.1, -0.05) is 24.3 Å². The maximum atomic E-state index is 13.3. The van der Waals surface area contributed by atoms with Gasteiger partial charge in [0.05, 0.1) is 12.2 Å². The van der Waals surface area contributed by atoms with E-state index in [0.717, 1.165) is 29.8 Å². The third-order valence-corrected chi connectivity index (χ3v) is 4.93. The maximum absolute atomic E-state index is 13.3. The number of pyridine rings is 1. The monoisotopic (exact) mass is 335 g/mol. The number of para-hydroxylation sites is 1. The lowest BCUT2D eigenvalue weighted by atomic mass is 10.1. The van der Waals surface area contributed by atoms with Crippen molar-refractivity contribution in [3.63, 3.8) is 0 Å². The Morgan fingerprint density at radius 3 is 2.60 bits per heavy atom. The van der Waals surface area contributed by atoms with Gasteiger partial charge in [-0.3, -0.25) is 19.5 Å². The molecule has 4 rings (SSSR count). The topological polar surface area (TPSA) is 53.5 Å². The third-order valence-electron chi connectivity index (χ3n) is 4.93. The van der Waals surface area contributed by atoms with Crippen LogP contribution in [0.5, 0.6) is 0 Å². The Balaban J connectivity index is 1.61. The minimum absolute atomic E-state index is 0.0274. The molecule has 25 heavy (non-hydrogen) atoms. The van der Waals surface area contributed by atoms with Crippen LogP contribution in [0.1, 0.15) is 31.0 Å². The van der Waals surface area contributed by atoms with E-state index in [9.17, 15) is 9.59 Å². The van der Waals surface area contributed by atoms with E-state index in [1.54, 1.807) is 11.1 Å². The van der Waals surface area contributed by atoms with Crippen LogP contribution in [-0.4, -0.2) is 33.8 Å². The summed E-state index contributed by atoms with van der Waals surface area (Å²) in [4.78, 5) is 33.5. The minimum atomic E-state index is -0.445. The van der Waals surface area contributed by atoms with Crippen LogP contribution in [0.15, 0.2) is 48.7 Å². The lowest BCUT2D eigenvalue weighted by molar-refractivity contribution is -0.135. The van der Waals surface area contributed by atoms with Crippen LogP contribution in [0, 0.1) is 0 Å². The molecule has 0 saturated heterocycles. The number of carbonyl (C=O) groups is 2. The number of rotatable bonds is 4. The fourth-order valence-corrected chi connectivity index (χ4v) is 3.60. The predicted molar refractivity (Wildman–Crippen MR) is 94.9 cm³/mol. The number of nitrogens with zero attached hydrogens (tertiary/aromatic N) is 3. The SMILES string of the molecule is CC(=O)N1c2ccccc2C[C@H]1C(=O)N(Cc1ccccn1)C1CC1. The molecule has 1 aliphatic heterocycles. The molecule has 0 radical (unpaired) electrons. The summed E-state index contributed by atoms with van der Waals surface area (Å²) in [5.74, 6) is -0.0589.